The average molecular weight is 236 g/mol. The fourth-order valence-corrected chi connectivity index (χ4v) is 1.27. The van der Waals surface area contributed by atoms with Crippen molar-refractivity contribution in [1.29, 1.82) is 0 Å². The third kappa shape index (κ3) is 3.44. The van der Waals surface area contributed by atoms with Gasteiger partial charge < -0.3 is 16.8 Å². The normalized spacial score (nSPS) is 11.9. The number of carbonyl (C=O) groups excluding carboxylic acids is 2. The van der Waals surface area contributed by atoms with E-state index in [4.69, 9.17) is 11.5 Å². The Balaban J connectivity index is 2.88. The number of rotatable bonds is 4. The van der Waals surface area contributed by atoms with Crippen molar-refractivity contribution in [2.75, 3.05) is 5.73 Å². The number of anilines is 1. The first-order chi connectivity index (χ1) is 7.93. The highest BCUT2D eigenvalue weighted by Gasteiger charge is 2.14. The van der Waals surface area contributed by atoms with Gasteiger partial charge in [0.2, 0.25) is 5.91 Å². The van der Waals surface area contributed by atoms with E-state index in [9.17, 15) is 9.59 Å². The van der Waals surface area contributed by atoms with Crippen molar-refractivity contribution in [1.82, 2.24) is 10.3 Å². The molecule has 0 aliphatic heterocycles. The Morgan fingerprint density at radius 1 is 1.47 bits per heavy atom. The van der Waals surface area contributed by atoms with E-state index < -0.39 is 11.9 Å². The second kappa shape index (κ2) is 5.29. The van der Waals surface area contributed by atoms with E-state index in [1.807, 2.05) is 6.92 Å². The van der Waals surface area contributed by atoms with Crippen molar-refractivity contribution in [3.8, 4) is 0 Å². The summed E-state index contributed by atoms with van der Waals surface area (Å²) in [5, 5.41) is 2.48. The number of aromatic nitrogens is 1. The van der Waals surface area contributed by atoms with E-state index in [-0.39, 0.29) is 11.7 Å². The van der Waals surface area contributed by atoms with Crippen LogP contribution < -0.4 is 16.8 Å². The van der Waals surface area contributed by atoms with Crippen LogP contribution >= 0.6 is 0 Å². The third-order valence-electron chi connectivity index (χ3n) is 2.30. The fourth-order valence-electron chi connectivity index (χ4n) is 1.27. The van der Waals surface area contributed by atoms with Crippen LogP contribution in [-0.2, 0) is 11.2 Å². The van der Waals surface area contributed by atoms with Crippen LogP contribution in [0.3, 0.4) is 0 Å². The maximum Gasteiger partial charge on any atom is 0.252 e. The summed E-state index contributed by atoms with van der Waals surface area (Å²) in [5.41, 5.74) is 11.7. The molecule has 0 aromatic carbocycles. The predicted molar refractivity (Wildman–Crippen MR) is 64.2 cm³/mol. The van der Waals surface area contributed by atoms with Gasteiger partial charge in [0.25, 0.3) is 5.91 Å². The first kappa shape index (κ1) is 13.0. The Morgan fingerprint density at radius 2 is 2.12 bits per heavy atom. The fraction of sp³-hybridized carbons (Fsp3) is 0.364. The number of nitrogens with zero attached hydrogens (tertiary/aromatic N) is 1. The molecule has 0 saturated heterocycles. The molecular formula is C11H16N4O2. The molecule has 0 fully saturated rings. The van der Waals surface area contributed by atoms with Gasteiger partial charge in [0.1, 0.15) is 11.9 Å². The highest BCUT2D eigenvalue weighted by Crippen LogP contribution is 2.08. The number of aryl methyl sites for hydroxylation is 1. The van der Waals surface area contributed by atoms with E-state index in [1.54, 1.807) is 6.07 Å². The summed E-state index contributed by atoms with van der Waals surface area (Å²) in [4.78, 5) is 26.7. The molecule has 5 N–H and O–H groups in total. The molecule has 1 heterocycles. The van der Waals surface area contributed by atoms with Gasteiger partial charge in [-0.25, -0.2) is 4.98 Å². The standard InChI is InChI=1S/C11H16N4O2/c1-3-8-4-7(5-9(12)15-8)11(17)14-6(2)10(13)16/h4-6H,3H2,1-2H3,(H2,12,15)(H2,13,16)(H,14,17). The monoisotopic (exact) mass is 236 g/mol. The van der Waals surface area contributed by atoms with Crippen LogP contribution in [0, 0.1) is 0 Å². The van der Waals surface area contributed by atoms with Crippen molar-refractivity contribution in [3.63, 3.8) is 0 Å². The molecule has 1 aromatic rings. The lowest BCUT2D eigenvalue weighted by Crippen LogP contribution is -2.42. The number of nitrogens with two attached hydrogens (primary N) is 2. The van der Waals surface area contributed by atoms with Crippen molar-refractivity contribution >= 4 is 17.6 Å². The predicted octanol–water partition coefficient (Wildman–Crippen LogP) is -0.170. The molecule has 0 bridgehead atoms. The lowest BCUT2D eigenvalue weighted by molar-refractivity contribution is -0.119. The second-order valence-electron chi connectivity index (χ2n) is 3.72. The molecule has 0 spiro atoms. The molecular weight excluding hydrogens is 220 g/mol. The SMILES string of the molecule is CCc1cc(C(=O)NC(C)C(N)=O)cc(N)n1. The second-order valence-corrected chi connectivity index (χ2v) is 3.72. The van der Waals surface area contributed by atoms with E-state index >= 15 is 0 Å². The molecule has 0 aliphatic rings. The molecule has 0 radical (unpaired) electrons. The summed E-state index contributed by atoms with van der Waals surface area (Å²) in [5.74, 6) is -0.697. The third-order valence-corrected chi connectivity index (χ3v) is 2.30. The zero-order valence-electron chi connectivity index (χ0n) is 9.86. The van der Waals surface area contributed by atoms with Gasteiger partial charge in [-0.2, -0.15) is 0 Å². The van der Waals surface area contributed by atoms with Gasteiger partial charge in [-0.15, -0.1) is 0 Å². The van der Waals surface area contributed by atoms with E-state index in [0.29, 0.717) is 12.0 Å². The highest BCUT2D eigenvalue weighted by molar-refractivity contribution is 5.97. The molecule has 6 nitrogen and oxygen atoms in total. The molecule has 1 rings (SSSR count). The minimum absolute atomic E-state index is 0.279. The number of primary amides is 1. The van der Waals surface area contributed by atoms with Crippen LogP contribution in [-0.4, -0.2) is 22.8 Å². The van der Waals surface area contributed by atoms with Crippen molar-refractivity contribution in [2.45, 2.75) is 26.3 Å². The molecule has 6 heteroatoms. The number of nitrogen functional groups attached to an aromatic ring is 1. The number of nitrogens with one attached hydrogen (secondary N) is 1. The van der Waals surface area contributed by atoms with Crippen LogP contribution in [0.25, 0.3) is 0 Å². The topological polar surface area (TPSA) is 111 Å². The van der Waals surface area contributed by atoms with Crippen molar-refractivity contribution < 1.29 is 9.59 Å². The summed E-state index contributed by atoms with van der Waals surface area (Å²) in [6.07, 6.45) is 0.677. The maximum atomic E-state index is 11.8. The summed E-state index contributed by atoms with van der Waals surface area (Å²) >= 11 is 0. The molecule has 0 aliphatic carbocycles. The molecule has 17 heavy (non-hydrogen) atoms. The molecule has 1 unspecified atom stereocenters. The number of hydrogen-bond donors (Lipinski definition) is 3. The molecule has 92 valence electrons. The minimum Gasteiger partial charge on any atom is -0.384 e. The van der Waals surface area contributed by atoms with Gasteiger partial charge in [-0.3, -0.25) is 9.59 Å². The number of carbonyl (C=O) groups is 2. The zero-order valence-corrected chi connectivity index (χ0v) is 9.86. The molecule has 0 saturated carbocycles. The quantitative estimate of drug-likeness (QED) is 0.673. The minimum atomic E-state index is -0.720. The van der Waals surface area contributed by atoms with E-state index in [1.165, 1.54) is 13.0 Å². The van der Waals surface area contributed by atoms with Gasteiger partial charge >= 0.3 is 0 Å². The molecule has 1 atom stereocenters. The Morgan fingerprint density at radius 3 is 2.65 bits per heavy atom. The smallest absolute Gasteiger partial charge is 0.252 e. The lowest BCUT2D eigenvalue weighted by atomic mass is 10.1. The summed E-state index contributed by atoms with van der Waals surface area (Å²) < 4.78 is 0. The highest BCUT2D eigenvalue weighted by atomic mass is 16.2. The van der Waals surface area contributed by atoms with E-state index in [2.05, 4.69) is 10.3 Å². The Bertz CT molecular complexity index is 445. The van der Waals surface area contributed by atoms with Crippen LogP contribution in [0.4, 0.5) is 5.82 Å². The van der Waals surface area contributed by atoms with Gasteiger partial charge in [-0.1, -0.05) is 6.92 Å². The van der Waals surface area contributed by atoms with Crippen LogP contribution in [0.1, 0.15) is 29.9 Å². The molecule has 2 amide bonds. The zero-order chi connectivity index (χ0) is 13.0. The van der Waals surface area contributed by atoms with Gasteiger partial charge in [-0.05, 0) is 25.5 Å². The largest absolute Gasteiger partial charge is 0.384 e. The van der Waals surface area contributed by atoms with Gasteiger partial charge in [0.05, 0.1) is 0 Å². The lowest BCUT2D eigenvalue weighted by Gasteiger charge is -2.11. The van der Waals surface area contributed by atoms with Crippen molar-refractivity contribution in [2.24, 2.45) is 5.73 Å². The number of pyridine rings is 1. The van der Waals surface area contributed by atoms with Gasteiger partial charge in [0.15, 0.2) is 0 Å². The van der Waals surface area contributed by atoms with Crippen LogP contribution in [0.15, 0.2) is 12.1 Å². The number of amides is 2. The first-order valence-electron chi connectivity index (χ1n) is 5.30. The summed E-state index contributed by atoms with van der Waals surface area (Å²) in [7, 11) is 0. The summed E-state index contributed by atoms with van der Waals surface area (Å²) in [6.45, 7) is 3.43. The van der Waals surface area contributed by atoms with Crippen LogP contribution in [0.5, 0.6) is 0 Å². The Labute approximate surface area is 99.4 Å². The van der Waals surface area contributed by atoms with E-state index in [0.717, 1.165) is 5.69 Å². The Hall–Kier alpha value is -2.11. The van der Waals surface area contributed by atoms with Crippen molar-refractivity contribution in [3.05, 3.63) is 23.4 Å². The average Bonchev–Trinajstić information content (AvgIpc) is 2.27. The summed E-state index contributed by atoms with van der Waals surface area (Å²) in [6, 6.07) is 2.38. The maximum absolute atomic E-state index is 11.8. The first-order valence-corrected chi connectivity index (χ1v) is 5.30. The van der Waals surface area contributed by atoms with Gasteiger partial charge in [0, 0.05) is 11.3 Å². The molecule has 1 aromatic heterocycles. The van der Waals surface area contributed by atoms with Crippen LogP contribution in [0.2, 0.25) is 0 Å². The number of hydrogen-bond acceptors (Lipinski definition) is 4. The Kier molecular flexibility index (Phi) is 4.03.